The smallest absolute Gasteiger partial charge is 0.163 e. The summed E-state index contributed by atoms with van der Waals surface area (Å²) in [5, 5.41) is 13.0. The van der Waals surface area contributed by atoms with Gasteiger partial charge in [0.1, 0.15) is 12.1 Å². The molecule has 7 heteroatoms. The maximum absolute atomic E-state index is 5.53. The van der Waals surface area contributed by atoms with E-state index >= 15 is 0 Å². The summed E-state index contributed by atoms with van der Waals surface area (Å²) < 4.78 is 7.59. The van der Waals surface area contributed by atoms with Crippen molar-refractivity contribution in [3.8, 4) is 0 Å². The number of ether oxygens (including phenoxy) is 1. The van der Waals surface area contributed by atoms with Crippen LogP contribution in [0.3, 0.4) is 0 Å². The van der Waals surface area contributed by atoms with Crippen LogP contribution >= 0.6 is 0 Å². The molecule has 1 saturated heterocycles. The molecule has 0 aliphatic carbocycles. The highest BCUT2D eigenvalue weighted by Crippen LogP contribution is 2.26. The Morgan fingerprint density at radius 2 is 2.27 bits per heavy atom. The summed E-state index contributed by atoms with van der Waals surface area (Å²) in [5.41, 5.74) is 2.05. The number of hydrogen-bond donors (Lipinski definition) is 2. The third-order valence-electron chi connectivity index (χ3n) is 4.71. The largest absolute Gasteiger partial charge is 0.379 e. The molecule has 2 aromatic rings. The van der Waals surface area contributed by atoms with E-state index in [9.17, 15) is 0 Å². The number of fused-ring (bicyclic) bond motifs is 1. The van der Waals surface area contributed by atoms with Crippen LogP contribution in [0.2, 0.25) is 0 Å². The third-order valence-corrected chi connectivity index (χ3v) is 4.71. The van der Waals surface area contributed by atoms with Crippen molar-refractivity contribution in [3.05, 3.63) is 12.0 Å². The Morgan fingerprint density at radius 1 is 1.38 bits per heavy atom. The van der Waals surface area contributed by atoms with E-state index in [1.807, 2.05) is 0 Å². The quantitative estimate of drug-likeness (QED) is 0.716. The summed E-state index contributed by atoms with van der Waals surface area (Å²) in [5.74, 6) is 1.45. The Morgan fingerprint density at radius 3 is 3.00 bits per heavy atom. The van der Waals surface area contributed by atoms with E-state index in [0.29, 0.717) is 12.0 Å². The SMILES string of the molecule is CCCCn1nc(CC(C)C)c2c(NCCC3COCCN3)ncnc21. The Kier molecular flexibility index (Phi) is 6.80. The number of unbranched alkanes of at least 4 members (excludes halogenated alkanes) is 1. The number of hydrogen-bond acceptors (Lipinski definition) is 6. The molecule has 0 saturated carbocycles. The molecule has 0 bridgehead atoms. The lowest BCUT2D eigenvalue weighted by Gasteiger charge is -2.23. The van der Waals surface area contributed by atoms with Gasteiger partial charge >= 0.3 is 0 Å². The van der Waals surface area contributed by atoms with Crippen molar-refractivity contribution in [2.24, 2.45) is 5.92 Å². The Hall–Kier alpha value is -1.73. The number of nitrogens with one attached hydrogen (secondary N) is 2. The van der Waals surface area contributed by atoms with E-state index in [0.717, 1.165) is 81.1 Å². The van der Waals surface area contributed by atoms with Crippen molar-refractivity contribution in [1.82, 2.24) is 25.1 Å². The molecule has 0 aromatic carbocycles. The molecule has 1 unspecified atom stereocenters. The van der Waals surface area contributed by atoms with Gasteiger partial charge in [-0.05, 0) is 25.2 Å². The van der Waals surface area contributed by atoms with Crippen molar-refractivity contribution in [2.75, 3.05) is 31.6 Å². The third kappa shape index (κ3) is 4.71. The number of morpholine rings is 1. The number of anilines is 1. The van der Waals surface area contributed by atoms with Crippen LogP contribution in [0.15, 0.2) is 6.33 Å². The van der Waals surface area contributed by atoms with Crippen LogP contribution in [0.1, 0.15) is 45.7 Å². The molecule has 1 atom stereocenters. The van der Waals surface area contributed by atoms with Gasteiger partial charge in [0.05, 0.1) is 24.3 Å². The maximum atomic E-state index is 5.53. The molecular formula is C19H32N6O. The molecule has 26 heavy (non-hydrogen) atoms. The zero-order valence-corrected chi connectivity index (χ0v) is 16.3. The molecule has 2 N–H and O–H groups in total. The minimum atomic E-state index is 0.413. The van der Waals surface area contributed by atoms with Crippen LogP contribution < -0.4 is 10.6 Å². The van der Waals surface area contributed by atoms with Gasteiger partial charge < -0.3 is 15.4 Å². The van der Waals surface area contributed by atoms with Gasteiger partial charge in [0.15, 0.2) is 5.65 Å². The zero-order chi connectivity index (χ0) is 18.4. The van der Waals surface area contributed by atoms with Crippen molar-refractivity contribution in [3.63, 3.8) is 0 Å². The fourth-order valence-corrected chi connectivity index (χ4v) is 3.38. The van der Waals surface area contributed by atoms with Gasteiger partial charge in [-0.15, -0.1) is 0 Å². The summed E-state index contributed by atoms with van der Waals surface area (Å²) in [7, 11) is 0. The van der Waals surface area contributed by atoms with Gasteiger partial charge in [-0.3, -0.25) is 0 Å². The van der Waals surface area contributed by atoms with E-state index in [1.54, 1.807) is 6.33 Å². The van der Waals surface area contributed by atoms with Crippen molar-refractivity contribution in [1.29, 1.82) is 0 Å². The van der Waals surface area contributed by atoms with E-state index in [2.05, 4.69) is 46.1 Å². The average molecular weight is 361 g/mol. The summed E-state index contributed by atoms with van der Waals surface area (Å²) >= 11 is 0. The second kappa shape index (κ2) is 9.28. The van der Waals surface area contributed by atoms with Gasteiger partial charge in [0, 0.05) is 25.7 Å². The van der Waals surface area contributed by atoms with E-state index < -0.39 is 0 Å². The van der Waals surface area contributed by atoms with Gasteiger partial charge in [0.2, 0.25) is 0 Å². The first-order valence-electron chi connectivity index (χ1n) is 9.94. The minimum Gasteiger partial charge on any atom is -0.379 e. The van der Waals surface area contributed by atoms with Crippen LogP contribution in [0, 0.1) is 5.92 Å². The standard InChI is InChI=1S/C19H32N6O/c1-4-5-9-25-19-17(16(24-25)11-14(2)3)18(22-13-23-19)21-7-6-15-12-26-10-8-20-15/h13-15,20H,4-12H2,1-3H3,(H,21,22,23). The first-order chi connectivity index (χ1) is 12.7. The molecule has 0 spiro atoms. The van der Waals surface area contributed by atoms with Gasteiger partial charge in [-0.1, -0.05) is 27.2 Å². The fourth-order valence-electron chi connectivity index (χ4n) is 3.38. The van der Waals surface area contributed by atoms with Gasteiger partial charge in [-0.25, -0.2) is 14.6 Å². The second-order valence-electron chi connectivity index (χ2n) is 7.48. The van der Waals surface area contributed by atoms with Crippen molar-refractivity contribution < 1.29 is 4.74 Å². The lowest BCUT2D eigenvalue weighted by Crippen LogP contribution is -2.42. The number of aromatic nitrogens is 4. The monoisotopic (exact) mass is 360 g/mol. The van der Waals surface area contributed by atoms with Crippen LogP contribution in [0.25, 0.3) is 11.0 Å². The molecule has 7 nitrogen and oxygen atoms in total. The van der Waals surface area contributed by atoms with Crippen molar-refractivity contribution in [2.45, 2.75) is 59.0 Å². The highest BCUT2D eigenvalue weighted by atomic mass is 16.5. The number of aryl methyl sites for hydroxylation is 1. The molecule has 2 aromatic heterocycles. The first kappa shape index (κ1) is 19.0. The lowest BCUT2D eigenvalue weighted by molar-refractivity contribution is 0.0753. The summed E-state index contributed by atoms with van der Waals surface area (Å²) in [4.78, 5) is 9.06. The second-order valence-corrected chi connectivity index (χ2v) is 7.48. The van der Waals surface area contributed by atoms with E-state index in [4.69, 9.17) is 9.84 Å². The normalized spacial score (nSPS) is 17.9. The van der Waals surface area contributed by atoms with E-state index in [-0.39, 0.29) is 0 Å². The molecule has 3 rings (SSSR count). The Bertz CT molecular complexity index is 693. The molecule has 1 fully saturated rings. The predicted octanol–water partition coefficient (Wildman–Crippen LogP) is 2.62. The molecule has 144 valence electrons. The van der Waals surface area contributed by atoms with Gasteiger partial charge in [-0.2, -0.15) is 5.10 Å². The zero-order valence-electron chi connectivity index (χ0n) is 16.3. The highest BCUT2D eigenvalue weighted by Gasteiger charge is 2.18. The topological polar surface area (TPSA) is 76.9 Å². The number of nitrogens with zero attached hydrogens (tertiary/aromatic N) is 4. The fraction of sp³-hybridized carbons (Fsp3) is 0.737. The van der Waals surface area contributed by atoms with Crippen LogP contribution in [0.5, 0.6) is 0 Å². The van der Waals surface area contributed by atoms with Crippen molar-refractivity contribution >= 4 is 16.9 Å². The van der Waals surface area contributed by atoms with Crippen LogP contribution in [0.4, 0.5) is 5.82 Å². The summed E-state index contributed by atoms with van der Waals surface area (Å²) in [6.07, 6.45) is 5.85. The molecule has 0 radical (unpaired) electrons. The van der Waals surface area contributed by atoms with E-state index in [1.165, 1.54) is 0 Å². The van der Waals surface area contributed by atoms with Gasteiger partial charge in [0.25, 0.3) is 0 Å². The Labute approximate surface area is 155 Å². The molecule has 3 heterocycles. The Balaban J connectivity index is 1.78. The summed E-state index contributed by atoms with van der Waals surface area (Å²) in [6.45, 7) is 10.9. The average Bonchev–Trinajstić information content (AvgIpc) is 2.99. The predicted molar refractivity (Wildman–Crippen MR) is 104 cm³/mol. The number of rotatable bonds is 9. The first-order valence-corrected chi connectivity index (χ1v) is 9.94. The molecule has 1 aliphatic rings. The lowest BCUT2D eigenvalue weighted by atomic mass is 10.1. The molecule has 0 amide bonds. The van der Waals surface area contributed by atoms with Crippen LogP contribution in [-0.2, 0) is 17.7 Å². The summed E-state index contributed by atoms with van der Waals surface area (Å²) in [6, 6.07) is 0.413. The minimum absolute atomic E-state index is 0.413. The highest BCUT2D eigenvalue weighted by molar-refractivity contribution is 5.89. The molecule has 1 aliphatic heterocycles. The maximum Gasteiger partial charge on any atom is 0.163 e. The molecular weight excluding hydrogens is 328 g/mol. The van der Waals surface area contributed by atoms with Crippen LogP contribution in [-0.4, -0.2) is 52.1 Å².